The van der Waals surface area contributed by atoms with Gasteiger partial charge in [-0.3, -0.25) is 10.1 Å². The van der Waals surface area contributed by atoms with Gasteiger partial charge in [0.25, 0.3) is 0 Å². The molecule has 3 amide bonds. The molecule has 1 aromatic carbocycles. The zero-order chi connectivity index (χ0) is 28.7. The number of anilines is 2. The van der Waals surface area contributed by atoms with E-state index in [1.165, 1.54) is 22.9 Å². The number of halogens is 3. The van der Waals surface area contributed by atoms with Gasteiger partial charge < -0.3 is 34.9 Å². The molecule has 0 saturated heterocycles. The number of ether oxygens (including phenoxy) is 2. The first-order valence-corrected chi connectivity index (χ1v) is 15.0. The van der Waals surface area contributed by atoms with E-state index in [-0.39, 0.29) is 35.2 Å². The van der Waals surface area contributed by atoms with Crippen LogP contribution in [0.15, 0.2) is 24.4 Å². The van der Waals surface area contributed by atoms with E-state index in [4.69, 9.17) is 9.84 Å². The van der Waals surface area contributed by atoms with E-state index >= 15 is 0 Å². The minimum absolute atomic E-state index is 0.0205. The lowest BCUT2D eigenvalue weighted by atomic mass is 10.1. The van der Waals surface area contributed by atoms with E-state index in [1.807, 2.05) is 0 Å². The normalized spacial score (nSPS) is 12.5. The van der Waals surface area contributed by atoms with Crippen LogP contribution in [0.1, 0.15) is 11.9 Å². The summed E-state index contributed by atoms with van der Waals surface area (Å²) in [6.07, 6.45) is -6.14. The maximum absolute atomic E-state index is 13.0. The van der Waals surface area contributed by atoms with E-state index in [0.29, 0.717) is 6.61 Å². The van der Waals surface area contributed by atoms with E-state index in [1.54, 1.807) is 5.32 Å². The zero-order valence-electron chi connectivity index (χ0n) is 21.2. The Labute approximate surface area is 217 Å². The van der Waals surface area contributed by atoms with E-state index < -0.39 is 45.0 Å². The first-order chi connectivity index (χ1) is 17.6. The molecule has 1 aromatic heterocycles. The molecule has 0 bridgehead atoms. The second-order valence-electron chi connectivity index (χ2n) is 9.32. The van der Waals surface area contributed by atoms with E-state index in [2.05, 4.69) is 40.0 Å². The predicted octanol–water partition coefficient (Wildman–Crippen LogP) is 3.84. The molecule has 0 spiro atoms. The predicted molar refractivity (Wildman–Crippen MR) is 133 cm³/mol. The second-order valence-corrected chi connectivity index (χ2v) is 14.9. The number of nitrogens with one attached hydrogen (secondary N) is 3. The fourth-order valence-electron chi connectivity index (χ4n) is 3.13. The molecule has 0 aliphatic heterocycles. The Morgan fingerprint density at radius 3 is 2.42 bits per heavy atom. The van der Waals surface area contributed by atoms with Crippen LogP contribution < -0.4 is 16.0 Å². The second kappa shape index (κ2) is 12.7. The lowest BCUT2D eigenvalue weighted by Gasteiger charge is -2.18. The molecule has 210 valence electrons. The van der Waals surface area contributed by atoms with Gasteiger partial charge in [0.1, 0.15) is 18.6 Å². The third-order valence-corrected chi connectivity index (χ3v) is 6.76. The highest BCUT2D eigenvalue weighted by Crippen LogP contribution is 2.33. The van der Waals surface area contributed by atoms with Gasteiger partial charge in [-0.25, -0.2) is 14.6 Å². The Morgan fingerprint density at radius 2 is 1.87 bits per heavy atom. The lowest BCUT2D eigenvalue weighted by molar-refractivity contribution is -0.167. The van der Waals surface area contributed by atoms with Gasteiger partial charge in [-0.05, 0) is 24.2 Å². The highest BCUT2D eigenvalue weighted by molar-refractivity contribution is 6.76. The van der Waals surface area contributed by atoms with Crippen LogP contribution in [-0.4, -0.2) is 72.4 Å². The topological polar surface area (TPSA) is 164 Å². The van der Waals surface area contributed by atoms with E-state index in [9.17, 15) is 32.7 Å². The van der Waals surface area contributed by atoms with Gasteiger partial charge in [0.05, 0.1) is 25.1 Å². The molecular formula is C22H30F3N5O7Si. The van der Waals surface area contributed by atoms with Crippen molar-refractivity contribution < 1.29 is 47.2 Å². The number of nitrogens with zero attached hydrogens (tertiary/aromatic N) is 2. The number of hydrogen-bond donors (Lipinski definition) is 5. The van der Waals surface area contributed by atoms with Gasteiger partial charge in [0, 0.05) is 32.1 Å². The Kier molecular flexibility index (Phi) is 10.3. The number of alkyl halides is 3. The van der Waals surface area contributed by atoms with Crippen LogP contribution in [0.5, 0.6) is 0 Å². The maximum atomic E-state index is 13.0. The Balaban J connectivity index is 2.54. The number of amides is 3. The number of hydrogen-bond acceptors (Lipinski definition) is 7. The number of imidazole rings is 1. The van der Waals surface area contributed by atoms with Crippen molar-refractivity contribution in [3.63, 3.8) is 0 Å². The number of benzene rings is 1. The molecule has 16 heteroatoms. The Hall–Kier alpha value is -3.63. The first-order valence-electron chi connectivity index (χ1n) is 11.3. The molecule has 0 aliphatic rings. The van der Waals surface area contributed by atoms with Crippen molar-refractivity contribution in [3.8, 4) is 11.3 Å². The van der Waals surface area contributed by atoms with Crippen LogP contribution in [0.2, 0.25) is 25.7 Å². The van der Waals surface area contributed by atoms with Crippen molar-refractivity contribution in [1.29, 1.82) is 0 Å². The maximum Gasteiger partial charge on any atom is 0.471 e. The summed E-state index contributed by atoms with van der Waals surface area (Å²) >= 11 is 0. The lowest BCUT2D eigenvalue weighted by Crippen LogP contribution is -2.31. The van der Waals surface area contributed by atoms with Crippen molar-refractivity contribution in [2.75, 3.05) is 31.0 Å². The third-order valence-electron chi connectivity index (χ3n) is 5.06. The van der Waals surface area contributed by atoms with Crippen molar-refractivity contribution in [2.24, 2.45) is 0 Å². The average Bonchev–Trinajstić information content (AvgIpc) is 3.22. The summed E-state index contributed by atoms with van der Waals surface area (Å²) < 4.78 is 50.6. The van der Waals surface area contributed by atoms with Crippen LogP contribution >= 0.6 is 0 Å². The minimum Gasteiger partial charge on any atom is -0.465 e. The summed E-state index contributed by atoms with van der Waals surface area (Å²) in [6, 6.07) is 3.38. The molecule has 2 rings (SSSR count). The molecule has 0 unspecified atom stereocenters. The number of aliphatic hydroxyl groups is 1. The average molecular weight is 562 g/mol. The molecule has 0 radical (unpaired) electrons. The van der Waals surface area contributed by atoms with E-state index in [0.717, 1.165) is 19.2 Å². The third kappa shape index (κ3) is 9.04. The number of carbonyl (C=O) groups excluding carboxylic acids is 2. The van der Waals surface area contributed by atoms with Gasteiger partial charge in [0.15, 0.2) is 0 Å². The summed E-state index contributed by atoms with van der Waals surface area (Å²) in [7, 11) is -0.321. The molecule has 0 fully saturated rings. The summed E-state index contributed by atoms with van der Waals surface area (Å²) in [5, 5.41) is 25.1. The summed E-state index contributed by atoms with van der Waals surface area (Å²) in [5.74, 6) is -2.23. The highest BCUT2D eigenvalue weighted by Gasteiger charge is 2.39. The fourth-order valence-corrected chi connectivity index (χ4v) is 3.89. The molecule has 12 nitrogen and oxygen atoms in total. The number of aromatic nitrogens is 2. The van der Waals surface area contributed by atoms with Crippen LogP contribution in [-0.2, 0) is 21.0 Å². The fraction of sp³-hybridized carbons (Fsp3) is 0.455. The van der Waals surface area contributed by atoms with Crippen molar-refractivity contribution in [3.05, 3.63) is 30.2 Å². The van der Waals surface area contributed by atoms with Gasteiger partial charge in [-0.1, -0.05) is 19.6 Å². The van der Waals surface area contributed by atoms with Crippen LogP contribution in [0.4, 0.5) is 34.1 Å². The van der Waals surface area contributed by atoms with Gasteiger partial charge in [-0.15, -0.1) is 0 Å². The van der Waals surface area contributed by atoms with Gasteiger partial charge in [-0.2, -0.15) is 13.2 Å². The Bertz CT molecular complexity index is 1150. The van der Waals surface area contributed by atoms with Crippen LogP contribution in [0.3, 0.4) is 0 Å². The van der Waals surface area contributed by atoms with Crippen LogP contribution in [0.25, 0.3) is 11.3 Å². The van der Waals surface area contributed by atoms with Gasteiger partial charge in [0.2, 0.25) is 0 Å². The SMILES string of the molecule is COC(=O)Nc1ccc(-c2cn(COCC[Si](C)(C)C)c([C@H](CO)NC(=O)O)n2)c(NC(=O)C(F)(F)F)c1. The van der Waals surface area contributed by atoms with Crippen molar-refractivity contribution in [2.45, 2.75) is 44.6 Å². The summed E-state index contributed by atoms with van der Waals surface area (Å²) in [5.41, 5.74) is -0.259. The highest BCUT2D eigenvalue weighted by atomic mass is 28.3. The largest absolute Gasteiger partial charge is 0.471 e. The quantitative estimate of drug-likeness (QED) is 0.204. The zero-order valence-corrected chi connectivity index (χ0v) is 22.2. The molecule has 1 heterocycles. The smallest absolute Gasteiger partial charge is 0.465 e. The molecule has 5 N–H and O–H groups in total. The van der Waals surface area contributed by atoms with Crippen LogP contribution in [0, 0.1) is 0 Å². The molecule has 2 aromatic rings. The molecule has 0 aliphatic carbocycles. The summed E-state index contributed by atoms with van der Waals surface area (Å²) in [6.45, 7) is 6.12. The monoisotopic (exact) mass is 561 g/mol. The summed E-state index contributed by atoms with van der Waals surface area (Å²) in [4.78, 5) is 38.8. The molecule has 0 saturated carbocycles. The number of carboxylic acid groups (broad SMARTS) is 1. The van der Waals surface area contributed by atoms with Crippen molar-refractivity contribution in [1.82, 2.24) is 14.9 Å². The minimum atomic E-state index is -5.20. The van der Waals surface area contributed by atoms with Crippen molar-refractivity contribution >= 4 is 37.5 Å². The number of carbonyl (C=O) groups is 3. The standard InChI is InChI=1S/C22H30F3N5O7Si/c1-36-21(35)26-13-5-6-14(15(9-13)28-19(32)22(23,24)25)16-10-30(12-37-7-8-38(2,3)4)18(27-16)17(11-31)29-20(33)34/h5-6,9-10,17,29,31H,7-8,11-12H2,1-4H3,(H,26,35)(H,28,32)(H,33,34)/t17-/m0/s1. The molecule has 38 heavy (non-hydrogen) atoms. The molecule has 1 atom stereocenters. The van der Waals surface area contributed by atoms with Gasteiger partial charge >= 0.3 is 24.3 Å². The number of rotatable bonds is 11. The first kappa shape index (κ1) is 30.6. The Morgan fingerprint density at radius 1 is 1.18 bits per heavy atom. The number of aliphatic hydroxyl groups excluding tert-OH is 1. The molecular weight excluding hydrogens is 531 g/mol. The number of methoxy groups -OCH3 is 1.